The summed E-state index contributed by atoms with van der Waals surface area (Å²) in [5.74, 6) is 0.244. The van der Waals surface area contributed by atoms with Crippen LogP contribution in [0.3, 0.4) is 0 Å². The van der Waals surface area contributed by atoms with Crippen molar-refractivity contribution in [3.05, 3.63) is 0 Å². The second-order valence-corrected chi connectivity index (χ2v) is 11.9. The van der Waals surface area contributed by atoms with Crippen LogP contribution in [0.4, 0.5) is 0 Å². The molecule has 36 heavy (non-hydrogen) atoms. The number of esters is 1. The van der Waals surface area contributed by atoms with Crippen molar-refractivity contribution in [2.24, 2.45) is 0 Å². The van der Waals surface area contributed by atoms with Crippen LogP contribution in [0.5, 0.6) is 0 Å². The molecule has 4 unspecified atom stereocenters. The highest BCUT2D eigenvalue weighted by Gasteiger charge is 2.55. The van der Waals surface area contributed by atoms with Gasteiger partial charge < -0.3 is 4.74 Å². The second kappa shape index (κ2) is 25.1. The first kappa shape index (κ1) is 35.8. The number of carbonyl (C=O) groups is 1. The van der Waals surface area contributed by atoms with E-state index in [0.29, 0.717) is 6.42 Å². The van der Waals surface area contributed by atoms with Crippen LogP contribution in [-0.2, 0) is 28.6 Å². The number of hydrogen-bond acceptors (Lipinski definition) is 7. The minimum atomic E-state index is -2.02. The van der Waals surface area contributed by atoms with Crippen LogP contribution in [0.25, 0.3) is 0 Å². The zero-order chi connectivity index (χ0) is 26.9. The molecule has 0 saturated heterocycles. The van der Waals surface area contributed by atoms with Crippen molar-refractivity contribution in [1.29, 1.82) is 0 Å². The molecule has 214 valence electrons. The Labute approximate surface area is 227 Å². The van der Waals surface area contributed by atoms with E-state index in [9.17, 15) is 9.36 Å². The molecule has 0 N–H and O–H groups in total. The molecule has 0 amide bonds. The van der Waals surface area contributed by atoms with E-state index in [1.165, 1.54) is 97.0 Å². The summed E-state index contributed by atoms with van der Waals surface area (Å²) in [6, 6.07) is 0. The molecule has 0 bridgehead atoms. The van der Waals surface area contributed by atoms with E-state index in [-0.39, 0.29) is 18.0 Å². The van der Waals surface area contributed by atoms with E-state index < -0.39 is 20.0 Å². The van der Waals surface area contributed by atoms with Gasteiger partial charge in [-0.05, 0) is 31.9 Å². The fourth-order valence-electron chi connectivity index (χ4n) is 4.02. The first-order valence-electron chi connectivity index (χ1n) is 14.6. The van der Waals surface area contributed by atoms with Crippen LogP contribution in [0.15, 0.2) is 0 Å². The Bertz CT molecular complexity index is 524. The molecular formula is C28H56O6PS+. The molecule has 8 heteroatoms. The lowest BCUT2D eigenvalue weighted by atomic mass is 10.1. The standard InChI is InChI=1S/C28H55O6PS/c1-6-9-11-13-15-16-17-19-21-24-36-26(22-20-18-14-12-10-7-2)25(4)33-34-28(35-30,27(29)31-5)32-23-8-3/h25-26H,6-24H2,1-5H3/p+1. The van der Waals surface area contributed by atoms with Gasteiger partial charge in [-0.2, -0.15) is 11.8 Å². The van der Waals surface area contributed by atoms with Crippen LogP contribution < -0.4 is 0 Å². The molecule has 0 aliphatic heterocycles. The average Bonchev–Trinajstić information content (AvgIpc) is 2.90. The number of carbonyl (C=O) groups excluding carboxylic acids is 1. The number of rotatable bonds is 27. The molecule has 0 heterocycles. The molecule has 0 aromatic heterocycles. The summed E-state index contributed by atoms with van der Waals surface area (Å²) >= 11 is 1.93. The van der Waals surface area contributed by atoms with E-state index in [0.717, 1.165) is 18.6 Å². The van der Waals surface area contributed by atoms with E-state index in [1.54, 1.807) is 0 Å². The van der Waals surface area contributed by atoms with Gasteiger partial charge in [0.2, 0.25) is 0 Å². The molecule has 0 aromatic rings. The van der Waals surface area contributed by atoms with Crippen molar-refractivity contribution < 1.29 is 28.6 Å². The van der Waals surface area contributed by atoms with Crippen LogP contribution >= 0.6 is 20.2 Å². The fraction of sp³-hybridized carbons (Fsp3) is 0.964. The van der Waals surface area contributed by atoms with Crippen molar-refractivity contribution in [3.8, 4) is 0 Å². The topological polar surface area (TPSA) is 71.1 Å². The summed E-state index contributed by atoms with van der Waals surface area (Å²) in [5.41, 5.74) is -2.02. The number of ether oxygens (including phenoxy) is 2. The SMILES string of the molecule is CCCCCCCCCCCSC(CCCCCCCC)C(C)OOC(OCCC)([PH+]=O)C(=O)OC. The van der Waals surface area contributed by atoms with Crippen molar-refractivity contribution >= 4 is 26.2 Å². The molecule has 0 spiro atoms. The van der Waals surface area contributed by atoms with Gasteiger partial charge in [0.05, 0.1) is 13.7 Å². The summed E-state index contributed by atoms with van der Waals surface area (Å²) in [6.45, 7) is 8.57. The number of methoxy groups -OCH3 is 1. The third-order valence-corrected chi connectivity index (χ3v) is 8.63. The van der Waals surface area contributed by atoms with Gasteiger partial charge in [-0.1, -0.05) is 115 Å². The lowest BCUT2D eigenvalue weighted by molar-refractivity contribution is -0.402. The van der Waals surface area contributed by atoms with Crippen molar-refractivity contribution in [2.45, 2.75) is 154 Å². The van der Waals surface area contributed by atoms with Gasteiger partial charge in [-0.25, -0.2) is 9.68 Å². The largest absolute Gasteiger partial charge is 0.497 e. The van der Waals surface area contributed by atoms with Crippen molar-refractivity contribution in [2.75, 3.05) is 19.5 Å². The Hall–Kier alpha value is -0.200. The summed E-state index contributed by atoms with van der Waals surface area (Å²) in [5, 5.41) is 0.238. The highest BCUT2D eigenvalue weighted by Crippen LogP contribution is 2.32. The van der Waals surface area contributed by atoms with Gasteiger partial charge in [-0.15, -0.1) is 4.89 Å². The zero-order valence-electron chi connectivity index (χ0n) is 23.9. The Morgan fingerprint density at radius 2 is 1.33 bits per heavy atom. The summed E-state index contributed by atoms with van der Waals surface area (Å²) in [6.07, 6.45) is 20.8. The molecule has 0 rings (SSSR count). The maximum absolute atomic E-state index is 12.3. The van der Waals surface area contributed by atoms with Crippen molar-refractivity contribution in [3.63, 3.8) is 0 Å². The first-order chi connectivity index (χ1) is 17.5. The van der Waals surface area contributed by atoms with E-state index in [1.807, 2.05) is 25.6 Å². The molecule has 0 aliphatic rings. The molecule has 0 radical (unpaired) electrons. The molecule has 4 atom stereocenters. The Morgan fingerprint density at radius 3 is 1.83 bits per heavy atom. The minimum absolute atomic E-state index is 0.219. The highest BCUT2D eigenvalue weighted by atomic mass is 32.2. The number of unbranched alkanes of at least 4 members (excludes halogenated alkanes) is 13. The quantitative estimate of drug-likeness (QED) is 0.0252. The summed E-state index contributed by atoms with van der Waals surface area (Å²) in [4.78, 5) is 23.4. The number of hydrogen-bond donors (Lipinski definition) is 0. The fourth-order valence-corrected chi connectivity index (χ4v) is 5.77. The minimum Gasteiger partial charge on any atom is -0.461 e. The molecule has 0 fully saturated rings. The van der Waals surface area contributed by atoms with Crippen LogP contribution in [0.2, 0.25) is 0 Å². The number of thioether (sulfide) groups is 1. The Morgan fingerprint density at radius 1 is 0.806 bits per heavy atom. The van der Waals surface area contributed by atoms with Gasteiger partial charge in [0, 0.05) is 5.25 Å². The molecular weight excluding hydrogens is 495 g/mol. The van der Waals surface area contributed by atoms with Crippen molar-refractivity contribution in [1.82, 2.24) is 0 Å². The third kappa shape index (κ3) is 17.3. The smallest absolute Gasteiger partial charge is 0.461 e. The van der Waals surface area contributed by atoms with Gasteiger partial charge in [0.1, 0.15) is 6.10 Å². The van der Waals surface area contributed by atoms with Gasteiger partial charge in [-0.3, -0.25) is 4.74 Å². The lowest BCUT2D eigenvalue weighted by Crippen LogP contribution is -2.42. The first-order valence-corrected chi connectivity index (χ1v) is 16.5. The highest BCUT2D eigenvalue weighted by molar-refractivity contribution is 7.99. The Kier molecular flexibility index (Phi) is 25.0. The monoisotopic (exact) mass is 551 g/mol. The van der Waals surface area contributed by atoms with E-state index in [2.05, 4.69) is 13.8 Å². The molecule has 0 aliphatic carbocycles. The van der Waals surface area contributed by atoms with Crippen LogP contribution in [0, 0.1) is 0 Å². The van der Waals surface area contributed by atoms with E-state index >= 15 is 0 Å². The summed E-state index contributed by atoms with van der Waals surface area (Å²) < 4.78 is 22.2. The second-order valence-electron chi connectivity index (χ2n) is 9.74. The maximum Gasteiger partial charge on any atom is 0.497 e. The lowest BCUT2D eigenvalue weighted by Gasteiger charge is -2.25. The Balaban J connectivity index is 4.69. The normalized spacial score (nSPS) is 15.0. The van der Waals surface area contributed by atoms with Gasteiger partial charge >= 0.3 is 20.0 Å². The molecule has 0 saturated carbocycles. The average molecular weight is 552 g/mol. The predicted octanol–water partition coefficient (Wildman–Crippen LogP) is 8.98. The molecule has 6 nitrogen and oxygen atoms in total. The van der Waals surface area contributed by atoms with E-state index in [4.69, 9.17) is 19.2 Å². The third-order valence-electron chi connectivity index (χ3n) is 6.36. The van der Waals surface area contributed by atoms with Gasteiger partial charge in [0.15, 0.2) is 0 Å². The van der Waals surface area contributed by atoms with Gasteiger partial charge in [0.25, 0.3) is 0 Å². The van der Waals surface area contributed by atoms with Crippen LogP contribution in [0.1, 0.15) is 137 Å². The zero-order valence-corrected chi connectivity index (χ0v) is 25.8. The van der Waals surface area contributed by atoms with Crippen LogP contribution in [-0.4, -0.2) is 42.3 Å². The summed E-state index contributed by atoms with van der Waals surface area (Å²) in [7, 11) is 0.0328. The molecule has 0 aromatic carbocycles. The maximum atomic E-state index is 12.3. The predicted molar refractivity (Wildman–Crippen MR) is 153 cm³/mol.